The van der Waals surface area contributed by atoms with E-state index in [1.54, 1.807) is 0 Å². The van der Waals surface area contributed by atoms with E-state index < -0.39 is 0 Å². The molecule has 0 spiro atoms. The van der Waals surface area contributed by atoms with Gasteiger partial charge in [-0.1, -0.05) is 18.2 Å². The van der Waals surface area contributed by atoms with Gasteiger partial charge in [-0.3, -0.25) is 5.01 Å². The van der Waals surface area contributed by atoms with Crippen molar-refractivity contribution in [3.8, 4) is 0 Å². The van der Waals surface area contributed by atoms with E-state index in [-0.39, 0.29) is 0 Å². The topological polar surface area (TPSA) is 31.4 Å². The van der Waals surface area contributed by atoms with Crippen molar-refractivity contribution in [2.75, 3.05) is 0 Å². The number of para-hydroxylation sites is 1. The fourth-order valence-corrected chi connectivity index (χ4v) is 2.96. The summed E-state index contributed by atoms with van der Waals surface area (Å²) in [5.74, 6) is 0. The number of piperidine rings is 1. The zero-order valence-electron chi connectivity index (χ0n) is 11.6. The zero-order valence-corrected chi connectivity index (χ0v) is 11.6. The summed E-state index contributed by atoms with van der Waals surface area (Å²) in [6.45, 7) is 4.53. The number of nitrogens with zero attached hydrogens (tertiary/aromatic N) is 2. The van der Waals surface area contributed by atoms with Crippen molar-refractivity contribution in [1.29, 1.82) is 0 Å². The first-order chi connectivity index (χ1) is 9.25. The predicted octanol–water partition coefficient (Wildman–Crippen LogP) is 3.76. The van der Waals surface area contributed by atoms with Gasteiger partial charge in [-0.25, -0.2) is 0 Å². The van der Waals surface area contributed by atoms with Crippen molar-refractivity contribution in [3.05, 3.63) is 36.0 Å². The van der Waals surface area contributed by atoms with Gasteiger partial charge < -0.3 is 4.98 Å². The Morgan fingerprint density at radius 1 is 1.21 bits per heavy atom. The number of benzene rings is 1. The average Bonchev–Trinajstić information content (AvgIpc) is 2.82. The summed E-state index contributed by atoms with van der Waals surface area (Å²) in [7, 11) is 0. The van der Waals surface area contributed by atoms with E-state index in [1.165, 1.54) is 35.7 Å². The van der Waals surface area contributed by atoms with Gasteiger partial charge in [0.25, 0.3) is 0 Å². The van der Waals surface area contributed by atoms with Crippen LogP contribution >= 0.6 is 0 Å². The lowest BCUT2D eigenvalue weighted by Crippen LogP contribution is -2.39. The zero-order chi connectivity index (χ0) is 13.2. The SMILES string of the molecule is C[C@H]1CCC[C@H](C)N1/N=C/c1c[nH]c2ccccc12. The van der Waals surface area contributed by atoms with E-state index in [9.17, 15) is 0 Å². The van der Waals surface area contributed by atoms with Gasteiger partial charge in [0.1, 0.15) is 0 Å². The van der Waals surface area contributed by atoms with Crippen LogP contribution in [0, 0.1) is 0 Å². The highest BCUT2D eigenvalue weighted by atomic mass is 15.5. The molecule has 1 saturated heterocycles. The van der Waals surface area contributed by atoms with Crippen molar-refractivity contribution in [1.82, 2.24) is 9.99 Å². The maximum Gasteiger partial charge on any atom is 0.0564 e. The fourth-order valence-electron chi connectivity index (χ4n) is 2.96. The Hall–Kier alpha value is -1.77. The van der Waals surface area contributed by atoms with E-state index in [0.29, 0.717) is 12.1 Å². The molecule has 3 nitrogen and oxygen atoms in total. The van der Waals surface area contributed by atoms with Crippen molar-refractivity contribution in [2.24, 2.45) is 5.10 Å². The van der Waals surface area contributed by atoms with Crippen LogP contribution in [0.25, 0.3) is 10.9 Å². The standard InChI is InChI=1S/C16H21N3/c1-12-6-5-7-13(2)19(12)18-11-14-10-17-16-9-4-3-8-15(14)16/h3-4,8-13,17H,5-7H2,1-2H3/b18-11+/t12-,13-/m0/s1. The number of H-pyrrole nitrogens is 1. The van der Waals surface area contributed by atoms with E-state index in [0.717, 1.165) is 0 Å². The van der Waals surface area contributed by atoms with Crippen LogP contribution in [0.5, 0.6) is 0 Å². The van der Waals surface area contributed by atoms with Gasteiger partial charge in [0.05, 0.1) is 6.21 Å². The van der Waals surface area contributed by atoms with Crippen molar-refractivity contribution < 1.29 is 0 Å². The highest BCUT2D eigenvalue weighted by Gasteiger charge is 2.22. The largest absolute Gasteiger partial charge is 0.361 e. The van der Waals surface area contributed by atoms with E-state index in [4.69, 9.17) is 5.10 Å². The second-order valence-corrected chi connectivity index (χ2v) is 5.54. The molecule has 1 aliphatic rings. The highest BCUT2D eigenvalue weighted by molar-refractivity contribution is 5.98. The van der Waals surface area contributed by atoms with Gasteiger partial charge in [0.15, 0.2) is 0 Å². The second-order valence-electron chi connectivity index (χ2n) is 5.54. The first-order valence-electron chi connectivity index (χ1n) is 7.14. The third-order valence-electron chi connectivity index (χ3n) is 4.10. The van der Waals surface area contributed by atoms with Crippen molar-refractivity contribution in [3.63, 3.8) is 0 Å². The van der Waals surface area contributed by atoms with Crippen molar-refractivity contribution >= 4 is 17.1 Å². The molecule has 2 aromatic rings. The van der Waals surface area contributed by atoms with Gasteiger partial charge in [-0.15, -0.1) is 0 Å². The molecule has 0 saturated carbocycles. The third kappa shape index (κ3) is 2.37. The van der Waals surface area contributed by atoms with E-state index in [1.807, 2.05) is 12.4 Å². The van der Waals surface area contributed by atoms with Gasteiger partial charge >= 0.3 is 0 Å². The summed E-state index contributed by atoms with van der Waals surface area (Å²) < 4.78 is 0. The van der Waals surface area contributed by atoms with Crippen LogP contribution in [0.1, 0.15) is 38.7 Å². The molecular weight excluding hydrogens is 234 g/mol. The number of aromatic nitrogens is 1. The van der Waals surface area contributed by atoms with Crippen LogP contribution in [0.4, 0.5) is 0 Å². The van der Waals surface area contributed by atoms with E-state index >= 15 is 0 Å². The average molecular weight is 255 g/mol. The summed E-state index contributed by atoms with van der Waals surface area (Å²) in [6, 6.07) is 9.44. The summed E-state index contributed by atoms with van der Waals surface area (Å²) in [4.78, 5) is 3.29. The molecule has 3 heteroatoms. The fraction of sp³-hybridized carbons (Fsp3) is 0.438. The molecule has 0 aliphatic carbocycles. The lowest BCUT2D eigenvalue weighted by Gasteiger charge is -2.36. The number of fused-ring (bicyclic) bond motifs is 1. The van der Waals surface area contributed by atoms with Crippen molar-refractivity contribution in [2.45, 2.75) is 45.2 Å². The van der Waals surface area contributed by atoms with Crippen LogP contribution < -0.4 is 0 Å². The Labute approximate surface area is 114 Å². The molecular formula is C16H21N3. The molecule has 19 heavy (non-hydrogen) atoms. The highest BCUT2D eigenvalue weighted by Crippen LogP contribution is 2.23. The van der Waals surface area contributed by atoms with Crippen LogP contribution in [0.15, 0.2) is 35.6 Å². The molecule has 1 aromatic carbocycles. The minimum Gasteiger partial charge on any atom is -0.361 e. The number of hydrogen-bond acceptors (Lipinski definition) is 2. The quantitative estimate of drug-likeness (QED) is 0.814. The summed E-state index contributed by atoms with van der Waals surface area (Å²) in [6.07, 6.45) is 7.84. The summed E-state index contributed by atoms with van der Waals surface area (Å²) in [5, 5.41) is 8.22. The third-order valence-corrected chi connectivity index (χ3v) is 4.10. The van der Waals surface area contributed by atoms with Gasteiger partial charge in [0, 0.05) is 34.7 Å². The van der Waals surface area contributed by atoms with Crippen LogP contribution in [0.3, 0.4) is 0 Å². The molecule has 1 aliphatic heterocycles. The van der Waals surface area contributed by atoms with Gasteiger partial charge in [-0.05, 0) is 39.2 Å². The Morgan fingerprint density at radius 2 is 1.95 bits per heavy atom. The Bertz CT molecular complexity index is 574. The lowest BCUT2D eigenvalue weighted by molar-refractivity contribution is 0.109. The lowest BCUT2D eigenvalue weighted by atomic mass is 10.00. The normalized spacial score (nSPS) is 24.4. The summed E-state index contributed by atoms with van der Waals surface area (Å²) >= 11 is 0. The summed E-state index contributed by atoms with van der Waals surface area (Å²) in [5.41, 5.74) is 2.34. The minimum absolute atomic E-state index is 0.546. The molecule has 2 atom stereocenters. The molecule has 1 aromatic heterocycles. The van der Waals surface area contributed by atoms with Crippen LogP contribution in [0.2, 0.25) is 0 Å². The molecule has 0 amide bonds. The first-order valence-corrected chi connectivity index (χ1v) is 7.14. The number of rotatable bonds is 2. The maximum absolute atomic E-state index is 4.73. The minimum atomic E-state index is 0.546. The molecule has 0 radical (unpaired) electrons. The van der Waals surface area contributed by atoms with Crippen LogP contribution in [-0.2, 0) is 0 Å². The maximum atomic E-state index is 4.73. The molecule has 0 bridgehead atoms. The number of aromatic amines is 1. The Balaban J connectivity index is 1.85. The van der Waals surface area contributed by atoms with Gasteiger partial charge in [0.2, 0.25) is 0 Å². The molecule has 1 fully saturated rings. The Kier molecular flexibility index (Phi) is 3.28. The smallest absolute Gasteiger partial charge is 0.0564 e. The molecule has 1 N–H and O–H groups in total. The number of hydrazone groups is 1. The molecule has 2 heterocycles. The first kappa shape index (κ1) is 12.3. The van der Waals surface area contributed by atoms with Crippen LogP contribution in [-0.4, -0.2) is 28.3 Å². The molecule has 3 rings (SSSR count). The monoisotopic (exact) mass is 255 g/mol. The predicted molar refractivity (Wildman–Crippen MR) is 80.5 cm³/mol. The molecule has 100 valence electrons. The Morgan fingerprint density at radius 3 is 2.74 bits per heavy atom. The molecule has 0 unspecified atom stereocenters. The number of nitrogens with one attached hydrogen (secondary N) is 1. The number of hydrogen-bond donors (Lipinski definition) is 1. The van der Waals surface area contributed by atoms with E-state index in [2.05, 4.69) is 48.1 Å². The van der Waals surface area contributed by atoms with Gasteiger partial charge in [-0.2, -0.15) is 5.10 Å². The second kappa shape index (κ2) is 5.08.